The van der Waals surface area contributed by atoms with Crippen LogP contribution in [0.1, 0.15) is 25.2 Å². The van der Waals surface area contributed by atoms with E-state index in [1.54, 1.807) is 19.9 Å². The number of nitrogens with zero attached hydrogens (tertiary/aromatic N) is 3. The third kappa shape index (κ3) is 4.86. The Hall–Kier alpha value is -2.28. The van der Waals surface area contributed by atoms with Crippen molar-refractivity contribution in [1.82, 2.24) is 9.97 Å². The van der Waals surface area contributed by atoms with Crippen LogP contribution in [-0.2, 0) is 31.3 Å². The van der Waals surface area contributed by atoms with Gasteiger partial charge in [0.15, 0.2) is 5.82 Å². The minimum atomic E-state index is -2.34. The topological polar surface area (TPSA) is 81.5 Å². The Kier molecular flexibility index (Phi) is 5.33. The minimum absolute atomic E-state index is 0.185. The van der Waals surface area contributed by atoms with Crippen LogP contribution in [0.3, 0.4) is 0 Å². The van der Waals surface area contributed by atoms with Crippen molar-refractivity contribution in [2.75, 3.05) is 12.5 Å². The van der Waals surface area contributed by atoms with Gasteiger partial charge in [0.25, 0.3) is 0 Å². The average molecular weight is 347 g/mol. The molecule has 0 saturated carbocycles. The fourth-order valence-corrected chi connectivity index (χ4v) is 2.47. The number of hydrogen-bond donors (Lipinski definition) is 0. The number of esters is 1. The van der Waals surface area contributed by atoms with Crippen LogP contribution in [0.2, 0.25) is 0 Å². The molecular weight excluding hydrogens is 326 g/mol. The SMILES string of the molecule is CC(C)(C(=O)OCc1ccccc1)c1nccc(N=S(C)(C)=O)n1. The van der Waals surface area contributed by atoms with E-state index < -0.39 is 21.1 Å². The third-order valence-electron chi connectivity index (χ3n) is 3.24. The molecule has 1 aromatic heterocycles. The number of aromatic nitrogens is 2. The molecule has 7 heteroatoms. The first kappa shape index (κ1) is 18.1. The maximum Gasteiger partial charge on any atom is 0.319 e. The van der Waals surface area contributed by atoms with E-state index >= 15 is 0 Å². The van der Waals surface area contributed by atoms with Crippen LogP contribution in [0.25, 0.3) is 0 Å². The zero-order valence-electron chi connectivity index (χ0n) is 14.2. The summed E-state index contributed by atoms with van der Waals surface area (Å²) >= 11 is 0. The second kappa shape index (κ2) is 7.09. The van der Waals surface area contributed by atoms with E-state index in [-0.39, 0.29) is 12.4 Å². The molecule has 6 nitrogen and oxygen atoms in total. The van der Waals surface area contributed by atoms with E-state index in [2.05, 4.69) is 14.3 Å². The first-order valence-corrected chi connectivity index (χ1v) is 9.73. The Morgan fingerprint density at radius 3 is 2.50 bits per heavy atom. The first-order valence-electron chi connectivity index (χ1n) is 7.40. The molecule has 2 rings (SSSR count). The highest BCUT2D eigenvalue weighted by atomic mass is 32.2. The van der Waals surface area contributed by atoms with Gasteiger partial charge in [0.2, 0.25) is 0 Å². The number of carbonyl (C=O) groups is 1. The number of carbonyl (C=O) groups excluding carboxylic acids is 1. The molecule has 0 fully saturated rings. The zero-order valence-corrected chi connectivity index (χ0v) is 15.0. The highest BCUT2D eigenvalue weighted by Crippen LogP contribution is 2.24. The van der Waals surface area contributed by atoms with Crippen molar-refractivity contribution >= 4 is 21.5 Å². The highest BCUT2D eigenvalue weighted by Gasteiger charge is 2.35. The van der Waals surface area contributed by atoms with Gasteiger partial charge in [0.05, 0.1) is 0 Å². The molecule has 0 radical (unpaired) electrons. The van der Waals surface area contributed by atoms with Crippen molar-refractivity contribution in [3.8, 4) is 0 Å². The maximum absolute atomic E-state index is 12.4. The molecule has 0 N–H and O–H groups in total. The van der Waals surface area contributed by atoms with Crippen molar-refractivity contribution in [2.24, 2.45) is 4.36 Å². The monoisotopic (exact) mass is 347 g/mol. The lowest BCUT2D eigenvalue weighted by molar-refractivity contribution is -0.151. The lowest BCUT2D eigenvalue weighted by Gasteiger charge is -2.21. The highest BCUT2D eigenvalue weighted by molar-refractivity contribution is 7.92. The van der Waals surface area contributed by atoms with Gasteiger partial charge in [-0.05, 0) is 19.4 Å². The zero-order chi connectivity index (χ0) is 17.8. The van der Waals surface area contributed by atoms with Crippen molar-refractivity contribution in [2.45, 2.75) is 25.9 Å². The van der Waals surface area contributed by atoms with Crippen LogP contribution >= 0.6 is 0 Å². The van der Waals surface area contributed by atoms with E-state index in [9.17, 15) is 9.00 Å². The van der Waals surface area contributed by atoms with Gasteiger partial charge in [-0.25, -0.2) is 14.2 Å². The molecular formula is C17H21N3O3S. The Morgan fingerprint density at radius 1 is 1.21 bits per heavy atom. The summed E-state index contributed by atoms with van der Waals surface area (Å²) in [6.07, 6.45) is 4.54. The summed E-state index contributed by atoms with van der Waals surface area (Å²) in [5.41, 5.74) is -0.133. The summed E-state index contributed by atoms with van der Waals surface area (Å²) in [5, 5.41) is 0. The standard InChI is InChI=1S/C17H21N3O3S/c1-17(2,16(21)23-12-13-8-6-5-7-9-13)15-18-11-10-14(19-15)20-24(3,4)22/h5-11H,12H2,1-4H3. The van der Waals surface area contributed by atoms with Crippen molar-refractivity contribution in [3.05, 3.63) is 54.0 Å². The van der Waals surface area contributed by atoms with Gasteiger partial charge >= 0.3 is 5.97 Å². The van der Waals surface area contributed by atoms with Crippen molar-refractivity contribution < 1.29 is 13.7 Å². The van der Waals surface area contributed by atoms with E-state index in [0.717, 1.165) is 5.56 Å². The molecule has 0 aliphatic heterocycles. The Labute approximate surface area is 142 Å². The van der Waals surface area contributed by atoms with Crippen LogP contribution in [0.4, 0.5) is 5.82 Å². The molecule has 0 aliphatic rings. The van der Waals surface area contributed by atoms with Gasteiger partial charge < -0.3 is 4.74 Å². The van der Waals surface area contributed by atoms with E-state index in [1.807, 2.05) is 30.3 Å². The Bertz CT molecular complexity index is 833. The lowest BCUT2D eigenvalue weighted by atomic mass is 9.92. The van der Waals surface area contributed by atoms with Gasteiger partial charge in [-0.1, -0.05) is 30.3 Å². The van der Waals surface area contributed by atoms with E-state index in [0.29, 0.717) is 5.82 Å². The number of benzene rings is 1. The average Bonchev–Trinajstić information content (AvgIpc) is 2.52. The summed E-state index contributed by atoms with van der Waals surface area (Å²) in [5.74, 6) is 0.140. The van der Waals surface area contributed by atoms with Gasteiger partial charge in [0.1, 0.15) is 17.8 Å². The second-order valence-electron chi connectivity index (χ2n) is 6.20. The van der Waals surface area contributed by atoms with Crippen LogP contribution in [0, 0.1) is 0 Å². The molecule has 0 bridgehead atoms. The van der Waals surface area contributed by atoms with Crippen molar-refractivity contribution in [1.29, 1.82) is 0 Å². The Balaban J connectivity index is 2.18. The van der Waals surface area contributed by atoms with Gasteiger partial charge in [-0.2, -0.15) is 4.36 Å². The number of ether oxygens (including phenoxy) is 1. The molecule has 0 saturated heterocycles. The van der Waals surface area contributed by atoms with Gasteiger partial charge in [-0.3, -0.25) is 4.79 Å². The molecule has 1 heterocycles. The van der Waals surface area contributed by atoms with Crippen LogP contribution in [-0.4, -0.2) is 32.7 Å². The molecule has 1 aromatic carbocycles. The fraction of sp³-hybridized carbons (Fsp3) is 0.353. The van der Waals surface area contributed by atoms with Crippen LogP contribution < -0.4 is 0 Å². The minimum Gasteiger partial charge on any atom is -0.460 e. The molecule has 128 valence electrons. The molecule has 0 unspecified atom stereocenters. The van der Waals surface area contributed by atoms with Gasteiger partial charge in [0, 0.05) is 34.5 Å². The third-order valence-corrected chi connectivity index (χ3v) is 3.86. The van der Waals surface area contributed by atoms with Crippen molar-refractivity contribution in [3.63, 3.8) is 0 Å². The van der Waals surface area contributed by atoms with E-state index in [4.69, 9.17) is 4.74 Å². The number of rotatable bonds is 5. The summed E-state index contributed by atoms with van der Waals surface area (Å²) in [7, 11) is -2.34. The Morgan fingerprint density at radius 2 is 1.88 bits per heavy atom. The first-order chi connectivity index (χ1) is 11.2. The summed E-state index contributed by atoms with van der Waals surface area (Å²) in [6, 6.07) is 11.0. The molecule has 2 aromatic rings. The number of hydrogen-bond acceptors (Lipinski definition) is 6. The van der Waals surface area contributed by atoms with Crippen LogP contribution in [0.5, 0.6) is 0 Å². The molecule has 0 spiro atoms. The quantitative estimate of drug-likeness (QED) is 0.777. The summed E-state index contributed by atoms with van der Waals surface area (Å²) in [4.78, 5) is 20.8. The van der Waals surface area contributed by atoms with Gasteiger partial charge in [-0.15, -0.1) is 0 Å². The predicted octanol–water partition coefficient (Wildman–Crippen LogP) is 2.86. The lowest BCUT2D eigenvalue weighted by Crippen LogP contribution is -2.33. The fourth-order valence-electron chi connectivity index (χ4n) is 1.92. The molecule has 0 amide bonds. The maximum atomic E-state index is 12.4. The van der Waals surface area contributed by atoms with E-state index in [1.165, 1.54) is 18.7 Å². The van der Waals surface area contributed by atoms with Crippen LogP contribution in [0.15, 0.2) is 47.0 Å². The predicted molar refractivity (Wildman–Crippen MR) is 93.4 cm³/mol. The summed E-state index contributed by atoms with van der Waals surface area (Å²) in [6.45, 7) is 3.56. The molecule has 0 atom stereocenters. The molecule has 24 heavy (non-hydrogen) atoms. The smallest absolute Gasteiger partial charge is 0.319 e. The normalized spacial score (nSPS) is 11.8. The second-order valence-corrected chi connectivity index (χ2v) is 8.74. The molecule has 0 aliphatic carbocycles. The summed E-state index contributed by atoms with van der Waals surface area (Å²) < 4.78 is 21.2. The largest absolute Gasteiger partial charge is 0.460 e.